The van der Waals surface area contributed by atoms with Gasteiger partial charge in [0.05, 0.1) is 11.4 Å². The fourth-order valence-corrected chi connectivity index (χ4v) is 2.38. The van der Waals surface area contributed by atoms with Crippen molar-refractivity contribution in [1.29, 1.82) is 0 Å². The third-order valence-electron chi connectivity index (χ3n) is 2.87. The summed E-state index contributed by atoms with van der Waals surface area (Å²) >= 11 is 12.2. The summed E-state index contributed by atoms with van der Waals surface area (Å²) in [6, 6.07) is 8.52. The van der Waals surface area contributed by atoms with Gasteiger partial charge < -0.3 is 10.3 Å². The Kier molecular flexibility index (Phi) is 3.88. The molecule has 0 aliphatic heterocycles. The van der Waals surface area contributed by atoms with Crippen molar-refractivity contribution >= 4 is 28.9 Å². The Labute approximate surface area is 121 Å². The third kappa shape index (κ3) is 2.62. The Morgan fingerprint density at radius 1 is 1.16 bits per heavy atom. The number of nitrogens with zero attached hydrogens (tertiary/aromatic N) is 1. The number of rotatable bonds is 2. The molecule has 5 heteroatoms. The zero-order chi connectivity index (χ0) is 14.2. The summed E-state index contributed by atoms with van der Waals surface area (Å²) in [4.78, 5) is 12.2. The fourth-order valence-electron chi connectivity index (χ4n) is 1.99. The van der Waals surface area contributed by atoms with Gasteiger partial charge in [0.25, 0.3) is 5.56 Å². The van der Waals surface area contributed by atoms with Crippen molar-refractivity contribution < 1.29 is 0 Å². The van der Waals surface area contributed by atoms with Crippen LogP contribution in [0.25, 0.3) is 11.3 Å². The second-order valence-electron chi connectivity index (χ2n) is 4.57. The first-order chi connectivity index (χ1) is 8.91. The van der Waals surface area contributed by atoms with Crippen LogP contribution in [0.2, 0.25) is 10.0 Å². The molecule has 0 saturated heterocycles. The molecule has 0 unspecified atom stereocenters. The molecule has 100 valence electrons. The van der Waals surface area contributed by atoms with Crippen molar-refractivity contribution in [2.75, 3.05) is 5.73 Å². The number of nitrogen functional groups attached to an aromatic ring is 1. The molecule has 0 saturated carbocycles. The van der Waals surface area contributed by atoms with Crippen LogP contribution in [0.5, 0.6) is 0 Å². The lowest BCUT2D eigenvalue weighted by molar-refractivity contribution is 0.586. The van der Waals surface area contributed by atoms with Gasteiger partial charge >= 0.3 is 0 Å². The lowest BCUT2D eigenvalue weighted by atomic mass is 10.1. The Bertz CT molecular complexity index is 678. The maximum absolute atomic E-state index is 12.2. The zero-order valence-corrected chi connectivity index (χ0v) is 12.2. The summed E-state index contributed by atoms with van der Waals surface area (Å²) < 4.78 is 1.62. The average molecular weight is 297 g/mol. The van der Waals surface area contributed by atoms with Gasteiger partial charge in [0, 0.05) is 21.7 Å². The summed E-state index contributed by atoms with van der Waals surface area (Å²) in [5, 5.41) is 1.11. The van der Waals surface area contributed by atoms with Gasteiger partial charge in [0.15, 0.2) is 0 Å². The van der Waals surface area contributed by atoms with Gasteiger partial charge in [0.1, 0.15) is 0 Å². The highest BCUT2D eigenvalue weighted by molar-refractivity contribution is 6.35. The highest BCUT2D eigenvalue weighted by Crippen LogP contribution is 2.31. The summed E-state index contributed by atoms with van der Waals surface area (Å²) in [5.74, 6) is 0. The molecule has 0 spiro atoms. The molecule has 2 N–H and O–H groups in total. The first-order valence-electron chi connectivity index (χ1n) is 5.88. The smallest absolute Gasteiger partial charge is 0.274 e. The van der Waals surface area contributed by atoms with E-state index in [0.29, 0.717) is 15.7 Å². The van der Waals surface area contributed by atoms with E-state index in [1.54, 1.807) is 34.9 Å². The molecule has 1 aromatic heterocycles. The molecule has 0 fully saturated rings. The van der Waals surface area contributed by atoms with Gasteiger partial charge in [-0.1, -0.05) is 23.2 Å². The summed E-state index contributed by atoms with van der Waals surface area (Å²) in [5.41, 5.74) is 7.11. The van der Waals surface area contributed by atoms with Crippen molar-refractivity contribution in [3.8, 4) is 11.3 Å². The molecule has 1 heterocycles. The van der Waals surface area contributed by atoms with Crippen molar-refractivity contribution in [2.45, 2.75) is 19.9 Å². The molecule has 19 heavy (non-hydrogen) atoms. The van der Waals surface area contributed by atoms with Gasteiger partial charge in [0.2, 0.25) is 0 Å². The zero-order valence-electron chi connectivity index (χ0n) is 10.7. The van der Waals surface area contributed by atoms with E-state index in [1.807, 2.05) is 13.8 Å². The monoisotopic (exact) mass is 296 g/mol. The normalized spacial score (nSPS) is 11.0. The average Bonchev–Trinajstić information content (AvgIpc) is 2.35. The largest absolute Gasteiger partial charge is 0.394 e. The van der Waals surface area contributed by atoms with Gasteiger partial charge in [-0.05, 0) is 44.2 Å². The Morgan fingerprint density at radius 3 is 2.47 bits per heavy atom. The van der Waals surface area contributed by atoms with E-state index in [1.165, 1.54) is 0 Å². The second kappa shape index (κ2) is 5.27. The number of benzene rings is 1. The minimum absolute atomic E-state index is 0.0268. The quantitative estimate of drug-likeness (QED) is 0.911. The van der Waals surface area contributed by atoms with Crippen LogP contribution in [-0.4, -0.2) is 4.57 Å². The standard InChI is InChI=1S/C14H14Cl2N2O/c1-8(2)18-13(6-5-12(17)14(18)19)10-7-9(15)3-4-11(10)16/h3-8H,17H2,1-2H3. The van der Waals surface area contributed by atoms with E-state index in [2.05, 4.69) is 0 Å². The fraction of sp³-hybridized carbons (Fsp3) is 0.214. The first kappa shape index (κ1) is 14.0. The molecule has 2 aromatic rings. The molecule has 0 aliphatic rings. The lowest BCUT2D eigenvalue weighted by Crippen LogP contribution is -2.25. The lowest BCUT2D eigenvalue weighted by Gasteiger charge is -2.18. The summed E-state index contributed by atoms with van der Waals surface area (Å²) in [6.45, 7) is 3.84. The maximum Gasteiger partial charge on any atom is 0.274 e. The van der Waals surface area contributed by atoms with Crippen LogP contribution in [0.1, 0.15) is 19.9 Å². The SMILES string of the molecule is CC(C)n1c(-c2cc(Cl)ccc2Cl)ccc(N)c1=O. The van der Waals surface area contributed by atoms with Gasteiger partial charge in [-0.15, -0.1) is 0 Å². The molecule has 0 radical (unpaired) electrons. The molecule has 0 atom stereocenters. The van der Waals surface area contributed by atoms with E-state index < -0.39 is 0 Å². The number of hydrogen-bond acceptors (Lipinski definition) is 2. The van der Waals surface area contributed by atoms with E-state index in [0.717, 1.165) is 5.56 Å². The first-order valence-corrected chi connectivity index (χ1v) is 6.64. The Morgan fingerprint density at radius 2 is 1.84 bits per heavy atom. The van der Waals surface area contributed by atoms with Gasteiger partial charge in [-0.3, -0.25) is 4.79 Å². The number of anilines is 1. The van der Waals surface area contributed by atoms with Crippen LogP contribution in [0.4, 0.5) is 5.69 Å². The van der Waals surface area contributed by atoms with E-state index in [-0.39, 0.29) is 17.3 Å². The van der Waals surface area contributed by atoms with Crippen LogP contribution in [-0.2, 0) is 0 Å². The molecule has 0 amide bonds. The van der Waals surface area contributed by atoms with Crippen molar-refractivity contribution in [3.05, 3.63) is 50.7 Å². The van der Waals surface area contributed by atoms with Crippen LogP contribution in [0.15, 0.2) is 35.1 Å². The predicted molar refractivity (Wildman–Crippen MR) is 81.0 cm³/mol. The number of nitrogens with two attached hydrogens (primary N) is 1. The maximum atomic E-state index is 12.2. The second-order valence-corrected chi connectivity index (χ2v) is 5.41. The van der Waals surface area contributed by atoms with Crippen LogP contribution in [0.3, 0.4) is 0 Å². The van der Waals surface area contributed by atoms with E-state index >= 15 is 0 Å². The third-order valence-corrected chi connectivity index (χ3v) is 3.43. The molecular formula is C14H14Cl2N2O. The highest BCUT2D eigenvalue weighted by atomic mass is 35.5. The molecular weight excluding hydrogens is 283 g/mol. The summed E-state index contributed by atoms with van der Waals surface area (Å²) in [7, 11) is 0. The van der Waals surface area contributed by atoms with E-state index in [4.69, 9.17) is 28.9 Å². The molecule has 3 nitrogen and oxygen atoms in total. The summed E-state index contributed by atoms with van der Waals surface area (Å²) in [6.07, 6.45) is 0. The van der Waals surface area contributed by atoms with Crippen molar-refractivity contribution in [2.24, 2.45) is 0 Å². The Balaban J connectivity index is 2.79. The Hall–Kier alpha value is -1.45. The van der Waals surface area contributed by atoms with Crippen molar-refractivity contribution in [1.82, 2.24) is 4.57 Å². The van der Waals surface area contributed by atoms with Crippen LogP contribution in [0, 0.1) is 0 Å². The minimum Gasteiger partial charge on any atom is -0.394 e. The molecule has 0 bridgehead atoms. The minimum atomic E-state index is -0.219. The highest BCUT2D eigenvalue weighted by Gasteiger charge is 2.14. The number of hydrogen-bond donors (Lipinski definition) is 1. The number of pyridine rings is 1. The number of halogens is 2. The van der Waals surface area contributed by atoms with Crippen molar-refractivity contribution in [3.63, 3.8) is 0 Å². The topological polar surface area (TPSA) is 48.0 Å². The molecule has 1 aromatic carbocycles. The van der Waals surface area contributed by atoms with Crippen LogP contribution < -0.4 is 11.3 Å². The van der Waals surface area contributed by atoms with Crippen LogP contribution >= 0.6 is 23.2 Å². The molecule has 0 aliphatic carbocycles. The van der Waals surface area contributed by atoms with E-state index in [9.17, 15) is 4.79 Å². The van der Waals surface area contributed by atoms with Gasteiger partial charge in [-0.2, -0.15) is 0 Å². The van der Waals surface area contributed by atoms with Gasteiger partial charge in [-0.25, -0.2) is 0 Å². The predicted octanol–water partition coefficient (Wildman–Crippen LogP) is 3.99. The molecule has 2 rings (SSSR count). The number of aromatic nitrogens is 1.